The Morgan fingerprint density at radius 3 is 2.54 bits per heavy atom. The van der Waals surface area contributed by atoms with Crippen molar-refractivity contribution < 1.29 is 0 Å². The van der Waals surface area contributed by atoms with E-state index in [0.717, 1.165) is 61.7 Å². The van der Waals surface area contributed by atoms with Gasteiger partial charge in [-0.3, -0.25) is 4.90 Å². The molecule has 5 nitrogen and oxygen atoms in total. The van der Waals surface area contributed by atoms with Crippen LogP contribution in [0.1, 0.15) is 42.9 Å². The van der Waals surface area contributed by atoms with Gasteiger partial charge in [0.2, 0.25) is 0 Å². The van der Waals surface area contributed by atoms with Crippen LogP contribution in [0.15, 0.2) is 30.3 Å². The van der Waals surface area contributed by atoms with E-state index in [2.05, 4.69) is 56.5 Å². The van der Waals surface area contributed by atoms with Crippen molar-refractivity contribution in [1.29, 1.82) is 0 Å². The van der Waals surface area contributed by atoms with Gasteiger partial charge in [-0.05, 0) is 32.3 Å². The Bertz CT molecular complexity index is 875. The van der Waals surface area contributed by atoms with E-state index in [4.69, 9.17) is 16.6 Å². The van der Waals surface area contributed by atoms with Crippen LogP contribution in [0.2, 0.25) is 0 Å². The summed E-state index contributed by atoms with van der Waals surface area (Å²) >= 11 is 6.24. The van der Waals surface area contributed by atoms with Gasteiger partial charge in [-0.2, -0.15) is 5.10 Å². The van der Waals surface area contributed by atoms with Crippen molar-refractivity contribution >= 4 is 22.8 Å². The van der Waals surface area contributed by atoms with Gasteiger partial charge in [0.05, 0.1) is 11.6 Å². The van der Waals surface area contributed by atoms with E-state index in [-0.39, 0.29) is 0 Å². The van der Waals surface area contributed by atoms with E-state index in [1.807, 2.05) is 6.92 Å². The SMILES string of the molecule is CCn1nc(C)c2nc(CCl)n(C3CCN(Cc4ccccc4)CC3)c21. The fourth-order valence-corrected chi connectivity index (χ4v) is 4.30. The van der Waals surface area contributed by atoms with Crippen molar-refractivity contribution in [3.8, 4) is 0 Å². The number of fused-ring (bicyclic) bond motifs is 1. The minimum Gasteiger partial charge on any atom is -0.309 e. The molecule has 0 amide bonds. The Labute approximate surface area is 159 Å². The molecule has 0 unspecified atom stereocenters. The highest BCUT2D eigenvalue weighted by Gasteiger charge is 2.27. The second-order valence-electron chi connectivity index (χ2n) is 7.10. The van der Waals surface area contributed by atoms with Crippen molar-refractivity contribution in [3.63, 3.8) is 0 Å². The molecular formula is C20H26ClN5. The van der Waals surface area contributed by atoms with Crippen molar-refractivity contribution in [2.24, 2.45) is 0 Å². The lowest BCUT2D eigenvalue weighted by Gasteiger charge is -2.33. The minimum atomic E-state index is 0.446. The van der Waals surface area contributed by atoms with E-state index in [0.29, 0.717) is 11.9 Å². The number of imidazole rings is 1. The maximum Gasteiger partial charge on any atom is 0.159 e. The fourth-order valence-electron chi connectivity index (χ4n) is 4.11. The predicted octanol–water partition coefficient (Wildman–Crippen LogP) is 4.14. The van der Waals surface area contributed by atoms with Crippen LogP contribution in [0.25, 0.3) is 11.2 Å². The Balaban J connectivity index is 1.55. The molecule has 4 rings (SSSR count). The molecular weight excluding hydrogens is 346 g/mol. The Hall–Kier alpha value is -1.85. The lowest BCUT2D eigenvalue weighted by atomic mass is 10.0. The van der Waals surface area contributed by atoms with Crippen molar-refractivity contribution in [2.75, 3.05) is 13.1 Å². The third-order valence-electron chi connectivity index (χ3n) is 5.41. The van der Waals surface area contributed by atoms with Crippen molar-refractivity contribution in [2.45, 2.75) is 51.7 Å². The van der Waals surface area contributed by atoms with Gasteiger partial charge in [0.15, 0.2) is 5.65 Å². The van der Waals surface area contributed by atoms with Crippen LogP contribution in [0.4, 0.5) is 0 Å². The van der Waals surface area contributed by atoms with E-state index < -0.39 is 0 Å². The number of benzene rings is 1. The summed E-state index contributed by atoms with van der Waals surface area (Å²) in [5, 5.41) is 4.65. The third kappa shape index (κ3) is 3.14. The molecule has 0 spiro atoms. The number of alkyl halides is 1. The Morgan fingerprint density at radius 2 is 1.88 bits per heavy atom. The van der Waals surface area contributed by atoms with Gasteiger partial charge in [0.1, 0.15) is 11.3 Å². The maximum absolute atomic E-state index is 6.24. The highest BCUT2D eigenvalue weighted by atomic mass is 35.5. The molecule has 3 heterocycles. The summed E-state index contributed by atoms with van der Waals surface area (Å²) in [7, 11) is 0. The number of hydrogen-bond acceptors (Lipinski definition) is 3. The number of hydrogen-bond donors (Lipinski definition) is 0. The summed E-state index contributed by atoms with van der Waals surface area (Å²) in [6.07, 6.45) is 2.24. The number of rotatable bonds is 5. The number of halogens is 1. The molecule has 6 heteroatoms. The van der Waals surface area contributed by atoms with Crippen LogP contribution in [-0.2, 0) is 19.0 Å². The number of aryl methyl sites for hydroxylation is 2. The summed E-state index contributed by atoms with van der Waals surface area (Å²) in [6.45, 7) is 8.24. The third-order valence-corrected chi connectivity index (χ3v) is 5.65. The maximum atomic E-state index is 6.24. The minimum absolute atomic E-state index is 0.446. The smallest absolute Gasteiger partial charge is 0.159 e. The van der Waals surface area contributed by atoms with Crippen LogP contribution in [-0.4, -0.2) is 37.3 Å². The molecule has 2 aromatic heterocycles. The normalized spacial score (nSPS) is 16.6. The Morgan fingerprint density at radius 1 is 1.15 bits per heavy atom. The molecule has 1 fully saturated rings. The first kappa shape index (κ1) is 17.6. The lowest BCUT2D eigenvalue weighted by Crippen LogP contribution is -2.34. The zero-order valence-electron chi connectivity index (χ0n) is 15.5. The van der Waals surface area contributed by atoms with Gasteiger partial charge >= 0.3 is 0 Å². The molecule has 0 N–H and O–H groups in total. The molecule has 0 radical (unpaired) electrons. The van der Waals surface area contributed by atoms with Gasteiger partial charge in [-0.25, -0.2) is 9.67 Å². The van der Waals surface area contributed by atoms with Gasteiger partial charge < -0.3 is 4.57 Å². The summed E-state index contributed by atoms with van der Waals surface area (Å²) in [4.78, 5) is 7.34. The molecule has 1 aliphatic heterocycles. The topological polar surface area (TPSA) is 38.9 Å². The first-order valence-electron chi connectivity index (χ1n) is 9.47. The molecule has 138 valence electrons. The standard InChI is InChI=1S/C20H26ClN5/c1-3-25-20-19(15(2)23-25)22-18(13-21)26(20)17-9-11-24(12-10-17)14-16-7-5-4-6-8-16/h4-8,17H,3,9-14H2,1-2H3. The number of piperidine rings is 1. The van der Waals surface area contributed by atoms with Crippen molar-refractivity contribution in [3.05, 3.63) is 47.4 Å². The predicted molar refractivity (Wildman–Crippen MR) is 105 cm³/mol. The summed E-state index contributed by atoms with van der Waals surface area (Å²) in [6, 6.07) is 11.2. The van der Waals surface area contributed by atoms with Crippen LogP contribution < -0.4 is 0 Å². The first-order valence-corrected chi connectivity index (χ1v) is 10.0. The quantitative estimate of drug-likeness (QED) is 0.633. The zero-order valence-corrected chi connectivity index (χ0v) is 16.3. The molecule has 3 aromatic rings. The summed E-state index contributed by atoms with van der Waals surface area (Å²) in [5.41, 5.74) is 4.53. The van der Waals surface area contributed by atoms with Crippen LogP contribution >= 0.6 is 11.6 Å². The highest BCUT2D eigenvalue weighted by molar-refractivity contribution is 6.16. The largest absolute Gasteiger partial charge is 0.309 e. The van der Waals surface area contributed by atoms with Crippen LogP contribution in [0.3, 0.4) is 0 Å². The summed E-state index contributed by atoms with van der Waals surface area (Å²) in [5.74, 6) is 1.42. The number of likely N-dealkylation sites (tertiary alicyclic amines) is 1. The van der Waals surface area contributed by atoms with Crippen LogP contribution in [0.5, 0.6) is 0 Å². The fraction of sp³-hybridized carbons (Fsp3) is 0.500. The molecule has 0 saturated carbocycles. The average Bonchev–Trinajstić information content (AvgIpc) is 3.20. The second kappa shape index (κ2) is 7.41. The second-order valence-corrected chi connectivity index (χ2v) is 7.37. The van der Waals surface area contributed by atoms with Gasteiger partial charge in [0.25, 0.3) is 0 Å². The van der Waals surface area contributed by atoms with E-state index in [1.165, 1.54) is 5.56 Å². The highest BCUT2D eigenvalue weighted by Crippen LogP contribution is 2.31. The van der Waals surface area contributed by atoms with E-state index in [1.54, 1.807) is 0 Å². The zero-order chi connectivity index (χ0) is 18.1. The Kier molecular flexibility index (Phi) is 5.00. The van der Waals surface area contributed by atoms with E-state index in [9.17, 15) is 0 Å². The number of nitrogens with zero attached hydrogens (tertiary/aromatic N) is 5. The lowest BCUT2D eigenvalue weighted by molar-refractivity contribution is 0.179. The van der Waals surface area contributed by atoms with Gasteiger partial charge in [-0.1, -0.05) is 30.3 Å². The molecule has 0 aliphatic carbocycles. The number of aromatic nitrogens is 4. The van der Waals surface area contributed by atoms with Gasteiger partial charge in [0, 0.05) is 32.2 Å². The monoisotopic (exact) mass is 371 g/mol. The van der Waals surface area contributed by atoms with E-state index >= 15 is 0 Å². The first-order chi connectivity index (χ1) is 12.7. The molecule has 0 bridgehead atoms. The molecule has 0 atom stereocenters. The average molecular weight is 372 g/mol. The molecule has 1 aliphatic rings. The van der Waals surface area contributed by atoms with Gasteiger partial charge in [-0.15, -0.1) is 11.6 Å². The molecule has 26 heavy (non-hydrogen) atoms. The van der Waals surface area contributed by atoms with Crippen LogP contribution in [0, 0.1) is 6.92 Å². The summed E-state index contributed by atoms with van der Waals surface area (Å²) < 4.78 is 4.44. The molecule has 1 aromatic carbocycles. The van der Waals surface area contributed by atoms with Crippen molar-refractivity contribution in [1.82, 2.24) is 24.2 Å². The molecule has 1 saturated heterocycles.